The quantitative estimate of drug-likeness (QED) is 0.816. The van der Waals surface area contributed by atoms with Crippen LogP contribution in [-0.4, -0.2) is 34.5 Å². The summed E-state index contributed by atoms with van der Waals surface area (Å²) in [4.78, 5) is 11.9. The zero-order valence-corrected chi connectivity index (χ0v) is 11.5. The van der Waals surface area contributed by atoms with Gasteiger partial charge in [0.05, 0.1) is 18.3 Å². The van der Waals surface area contributed by atoms with Gasteiger partial charge in [0.2, 0.25) is 0 Å². The van der Waals surface area contributed by atoms with Gasteiger partial charge in [0.1, 0.15) is 5.60 Å². The molecular formula is C15H20O4. The second-order valence-electron chi connectivity index (χ2n) is 5.24. The lowest BCUT2D eigenvalue weighted by Crippen LogP contribution is -2.23. The summed E-state index contributed by atoms with van der Waals surface area (Å²) >= 11 is 0. The topological polar surface area (TPSA) is 66.8 Å². The molecule has 0 saturated carbocycles. The minimum Gasteiger partial charge on any atom is -0.456 e. The molecule has 0 spiro atoms. The molecule has 0 amide bonds. The molecule has 0 unspecified atom stereocenters. The number of rotatable bonds is 4. The zero-order chi connectivity index (χ0) is 14.5. The van der Waals surface area contributed by atoms with E-state index in [1.54, 1.807) is 30.3 Å². The second kappa shape index (κ2) is 6.50. The van der Waals surface area contributed by atoms with E-state index in [0.717, 1.165) is 5.56 Å². The first-order valence-corrected chi connectivity index (χ1v) is 6.12. The van der Waals surface area contributed by atoms with Gasteiger partial charge in [-0.05, 0) is 38.5 Å². The number of ether oxygens (including phenoxy) is 1. The van der Waals surface area contributed by atoms with E-state index in [1.807, 2.05) is 20.8 Å². The van der Waals surface area contributed by atoms with Crippen LogP contribution in [0.2, 0.25) is 0 Å². The summed E-state index contributed by atoms with van der Waals surface area (Å²) in [5.74, 6) is -0.384. The van der Waals surface area contributed by atoms with Crippen molar-refractivity contribution in [2.45, 2.75) is 32.5 Å². The van der Waals surface area contributed by atoms with Crippen molar-refractivity contribution in [2.24, 2.45) is 0 Å². The third kappa shape index (κ3) is 5.68. The predicted octanol–water partition coefficient (Wildman–Crippen LogP) is 2.01. The zero-order valence-electron chi connectivity index (χ0n) is 11.5. The van der Waals surface area contributed by atoms with E-state index in [0.29, 0.717) is 5.56 Å². The maximum Gasteiger partial charge on any atom is 0.338 e. The minimum absolute atomic E-state index is 0.331. The van der Waals surface area contributed by atoms with Gasteiger partial charge in [0.15, 0.2) is 0 Å². The van der Waals surface area contributed by atoms with Gasteiger partial charge in [0, 0.05) is 0 Å². The van der Waals surface area contributed by atoms with Gasteiger partial charge < -0.3 is 14.9 Å². The summed E-state index contributed by atoms with van der Waals surface area (Å²) in [5, 5.41) is 17.9. The predicted molar refractivity (Wildman–Crippen MR) is 73.7 cm³/mol. The van der Waals surface area contributed by atoms with Crippen molar-refractivity contribution in [2.75, 3.05) is 6.61 Å². The molecule has 1 aromatic rings. The molecule has 0 aliphatic carbocycles. The van der Waals surface area contributed by atoms with Gasteiger partial charge in [-0.3, -0.25) is 0 Å². The van der Waals surface area contributed by atoms with E-state index in [4.69, 9.17) is 9.84 Å². The van der Waals surface area contributed by atoms with Crippen molar-refractivity contribution < 1.29 is 19.7 Å². The average molecular weight is 264 g/mol. The Labute approximate surface area is 113 Å². The Morgan fingerprint density at radius 3 is 2.68 bits per heavy atom. The number of hydrogen-bond acceptors (Lipinski definition) is 4. The van der Waals surface area contributed by atoms with Crippen LogP contribution in [0, 0.1) is 0 Å². The second-order valence-corrected chi connectivity index (χ2v) is 5.24. The Hall–Kier alpha value is -1.65. The summed E-state index contributed by atoms with van der Waals surface area (Å²) < 4.78 is 5.27. The Morgan fingerprint density at radius 1 is 1.42 bits per heavy atom. The lowest BCUT2D eigenvalue weighted by molar-refractivity contribution is 0.00695. The molecule has 19 heavy (non-hydrogen) atoms. The van der Waals surface area contributed by atoms with Crippen molar-refractivity contribution >= 4 is 12.0 Å². The number of carbonyl (C=O) groups is 1. The highest BCUT2D eigenvalue weighted by atomic mass is 16.6. The molecule has 1 aromatic carbocycles. The van der Waals surface area contributed by atoms with Gasteiger partial charge in [-0.1, -0.05) is 24.3 Å². The largest absolute Gasteiger partial charge is 0.456 e. The number of esters is 1. The molecule has 0 radical (unpaired) electrons. The first-order chi connectivity index (χ1) is 8.81. The van der Waals surface area contributed by atoms with E-state index in [2.05, 4.69) is 0 Å². The summed E-state index contributed by atoms with van der Waals surface area (Å²) in [7, 11) is 0. The fourth-order valence-corrected chi connectivity index (χ4v) is 1.39. The molecule has 0 bridgehead atoms. The number of hydrogen-bond donors (Lipinski definition) is 2. The van der Waals surface area contributed by atoms with E-state index >= 15 is 0 Å². The van der Waals surface area contributed by atoms with Crippen LogP contribution in [0.25, 0.3) is 6.08 Å². The fourth-order valence-electron chi connectivity index (χ4n) is 1.39. The molecule has 0 fully saturated rings. The molecule has 0 aromatic heterocycles. The lowest BCUT2D eigenvalue weighted by atomic mass is 10.1. The molecule has 2 N–H and O–H groups in total. The monoisotopic (exact) mass is 264 g/mol. The molecule has 4 nitrogen and oxygen atoms in total. The maximum absolute atomic E-state index is 11.9. The smallest absolute Gasteiger partial charge is 0.338 e. The molecule has 4 heteroatoms. The average Bonchev–Trinajstić information content (AvgIpc) is 2.34. The first kappa shape index (κ1) is 15.4. The molecule has 104 valence electrons. The van der Waals surface area contributed by atoms with Gasteiger partial charge in [-0.15, -0.1) is 0 Å². The molecule has 1 rings (SSSR count). The van der Waals surface area contributed by atoms with Crippen LogP contribution in [0.3, 0.4) is 0 Å². The summed E-state index contributed by atoms with van der Waals surface area (Å²) in [5.41, 5.74) is 0.683. The number of aliphatic hydroxyl groups is 2. The SMILES string of the molecule is CC(C)(C)OC(=O)c1cccc(/C=C/[C@@H](O)CO)c1. The van der Waals surface area contributed by atoms with E-state index in [-0.39, 0.29) is 12.6 Å². The van der Waals surface area contributed by atoms with Crippen molar-refractivity contribution in [3.63, 3.8) is 0 Å². The summed E-state index contributed by atoms with van der Waals surface area (Å²) in [6, 6.07) is 6.89. The first-order valence-electron chi connectivity index (χ1n) is 6.12. The van der Waals surface area contributed by atoms with Crippen LogP contribution >= 0.6 is 0 Å². The highest BCUT2D eigenvalue weighted by molar-refractivity contribution is 5.90. The summed E-state index contributed by atoms with van der Waals surface area (Å²) in [6.07, 6.45) is 2.22. The summed E-state index contributed by atoms with van der Waals surface area (Å²) in [6.45, 7) is 5.10. The minimum atomic E-state index is -0.898. The lowest BCUT2D eigenvalue weighted by Gasteiger charge is -2.19. The fraction of sp³-hybridized carbons (Fsp3) is 0.400. The van der Waals surface area contributed by atoms with E-state index in [9.17, 15) is 9.90 Å². The third-order valence-electron chi connectivity index (χ3n) is 2.22. The Morgan fingerprint density at radius 2 is 2.11 bits per heavy atom. The van der Waals surface area contributed by atoms with Crippen molar-refractivity contribution in [3.05, 3.63) is 41.5 Å². The number of aliphatic hydroxyl groups excluding tert-OH is 2. The van der Waals surface area contributed by atoms with Crippen LogP contribution in [-0.2, 0) is 4.74 Å². The van der Waals surface area contributed by atoms with Gasteiger partial charge in [-0.25, -0.2) is 4.79 Å². The molecular weight excluding hydrogens is 244 g/mol. The molecule has 0 aliphatic heterocycles. The molecule has 1 atom stereocenters. The van der Waals surface area contributed by atoms with Crippen molar-refractivity contribution in [3.8, 4) is 0 Å². The van der Waals surface area contributed by atoms with Crippen LogP contribution in [0.4, 0.5) is 0 Å². The molecule has 0 saturated heterocycles. The van der Waals surface area contributed by atoms with Crippen LogP contribution < -0.4 is 0 Å². The van der Waals surface area contributed by atoms with Crippen LogP contribution in [0.15, 0.2) is 30.3 Å². The van der Waals surface area contributed by atoms with Gasteiger partial charge in [-0.2, -0.15) is 0 Å². The Balaban J connectivity index is 2.83. The highest BCUT2D eigenvalue weighted by Gasteiger charge is 2.17. The third-order valence-corrected chi connectivity index (χ3v) is 2.22. The highest BCUT2D eigenvalue weighted by Crippen LogP contribution is 2.14. The maximum atomic E-state index is 11.9. The molecule has 0 aliphatic rings. The molecule has 0 heterocycles. The number of benzene rings is 1. The Kier molecular flexibility index (Phi) is 5.27. The van der Waals surface area contributed by atoms with Gasteiger partial charge >= 0.3 is 5.97 Å². The van der Waals surface area contributed by atoms with Crippen LogP contribution in [0.5, 0.6) is 0 Å². The van der Waals surface area contributed by atoms with Crippen LogP contribution in [0.1, 0.15) is 36.7 Å². The van der Waals surface area contributed by atoms with E-state index in [1.165, 1.54) is 6.08 Å². The Bertz CT molecular complexity index is 457. The van der Waals surface area contributed by atoms with Gasteiger partial charge in [0.25, 0.3) is 0 Å². The number of carbonyl (C=O) groups excluding carboxylic acids is 1. The van der Waals surface area contributed by atoms with Crippen molar-refractivity contribution in [1.82, 2.24) is 0 Å². The van der Waals surface area contributed by atoms with E-state index < -0.39 is 11.7 Å². The van der Waals surface area contributed by atoms with Crippen molar-refractivity contribution in [1.29, 1.82) is 0 Å². The standard InChI is InChI=1S/C15H20O4/c1-15(2,3)19-14(18)12-6-4-5-11(9-12)7-8-13(17)10-16/h4-9,13,16-17H,10H2,1-3H3/b8-7+/t13-/m1/s1. The normalized spacial score (nSPS) is 13.5.